The van der Waals surface area contributed by atoms with Gasteiger partial charge in [0.1, 0.15) is 11.4 Å². The molecule has 0 bridgehead atoms. The van der Waals surface area contributed by atoms with Crippen LogP contribution < -0.4 is 9.64 Å². The Hall–Kier alpha value is -3.86. The number of hydrogen-bond donors (Lipinski definition) is 0. The number of aryl methyl sites for hydroxylation is 1. The van der Waals surface area contributed by atoms with E-state index < -0.39 is 0 Å². The largest absolute Gasteiger partial charge is 0.494 e. The summed E-state index contributed by atoms with van der Waals surface area (Å²) >= 11 is 0. The second-order valence-corrected chi connectivity index (χ2v) is 7.81. The van der Waals surface area contributed by atoms with Crippen LogP contribution in [0.25, 0.3) is 5.57 Å². The van der Waals surface area contributed by atoms with Crippen molar-refractivity contribution < 1.29 is 14.3 Å². The summed E-state index contributed by atoms with van der Waals surface area (Å²) in [7, 11) is 1.85. The third-order valence-electron chi connectivity index (χ3n) is 5.42. The molecule has 0 atom stereocenters. The Morgan fingerprint density at radius 2 is 1.59 bits per heavy atom. The first-order chi connectivity index (χ1) is 15.5. The lowest BCUT2D eigenvalue weighted by Gasteiger charge is -2.21. The fourth-order valence-corrected chi connectivity index (χ4v) is 3.95. The van der Waals surface area contributed by atoms with E-state index in [0.717, 1.165) is 16.9 Å². The highest BCUT2D eigenvalue weighted by atomic mass is 16.5. The standard InChI is InChI=1S/C27H26N2O3/c1-4-32-23-15-13-21(14-16-23)24-25(28(3)18-20-10-6-5-7-11-20)27(31)29(26(24)30)22-12-8-9-19(2)17-22/h5-17H,4,18H2,1-3H3. The van der Waals surface area contributed by atoms with Crippen LogP contribution in [-0.4, -0.2) is 30.4 Å². The Morgan fingerprint density at radius 1 is 0.875 bits per heavy atom. The molecular formula is C27H26N2O3. The van der Waals surface area contributed by atoms with Gasteiger partial charge in [0.2, 0.25) is 0 Å². The zero-order chi connectivity index (χ0) is 22.7. The van der Waals surface area contributed by atoms with Crippen molar-refractivity contribution in [3.63, 3.8) is 0 Å². The fourth-order valence-electron chi connectivity index (χ4n) is 3.95. The number of hydrogen-bond acceptors (Lipinski definition) is 4. The van der Waals surface area contributed by atoms with Crippen molar-refractivity contribution in [2.75, 3.05) is 18.6 Å². The smallest absolute Gasteiger partial charge is 0.282 e. The minimum Gasteiger partial charge on any atom is -0.494 e. The summed E-state index contributed by atoms with van der Waals surface area (Å²) in [5.74, 6) is 0.0888. The molecule has 0 saturated heterocycles. The number of nitrogens with zero attached hydrogens (tertiary/aromatic N) is 2. The molecule has 0 fully saturated rings. The average molecular weight is 427 g/mol. The predicted molar refractivity (Wildman–Crippen MR) is 126 cm³/mol. The van der Waals surface area contributed by atoms with Crippen molar-refractivity contribution in [2.24, 2.45) is 0 Å². The van der Waals surface area contributed by atoms with Gasteiger partial charge in [0.25, 0.3) is 11.8 Å². The van der Waals surface area contributed by atoms with Gasteiger partial charge in [0.05, 0.1) is 17.9 Å². The van der Waals surface area contributed by atoms with Gasteiger partial charge in [-0.3, -0.25) is 9.59 Å². The molecule has 0 radical (unpaired) electrons. The molecule has 32 heavy (non-hydrogen) atoms. The zero-order valence-electron chi connectivity index (χ0n) is 18.5. The first-order valence-electron chi connectivity index (χ1n) is 10.7. The fraction of sp³-hybridized carbons (Fsp3) is 0.185. The molecule has 3 aromatic rings. The highest BCUT2D eigenvalue weighted by molar-refractivity contribution is 6.45. The zero-order valence-corrected chi connectivity index (χ0v) is 18.5. The third-order valence-corrected chi connectivity index (χ3v) is 5.42. The number of likely N-dealkylation sites (N-methyl/N-ethyl adjacent to an activating group) is 1. The van der Waals surface area contributed by atoms with E-state index in [1.807, 2.05) is 98.6 Å². The van der Waals surface area contributed by atoms with Crippen molar-refractivity contribution in [3.05, 3.63) is 101 Å². The van der Waals surface area contributed by atoms with E-state index in [9.17, 15) is 9.59 Å². The van der Waals surface area contributed by atoms with Gasteiger partial charge in [0, 0.05) is 13.6 Å². The number of anilines is 1. The molecule has 0 unspecified atom stereocenters. The van der Waals surface area contributed by atoms with Gasteiger partial charge in [-0.2, -0.15) is 0 Å². The Morgan fingerprint density at radius 3 is 2.25 bits per heavy atom. The molecule has 1 heterocycles. The Bertz CT molecular complexity index is 1170. The van der Waals surface area contributed by atoms with E-state index in [-0.39, 0.29) is 11.8 Å². The maximum atomic E-state index is 13.6. The van der Waals surface area contributed by atoms with Crippen molar-refractivity contribution in [2.45, 2.75) is 20.4 Å². The van der Waals surface area contributed by atoms with Crippen LogP contribution in [0.1, 0.15) is 23.6 Å². The first-order valence-corrected chi connectivity index (χ1v) is 10.7. The summed E-state index contributed by atoms with van der Waals surface area (Å²) in [5.41, 5.74) is 4.10. The van der Waals surface area contributed by atoms with Crippen LogP contribution in [-0.2, 0) is 16.1 Å². The highest BCUT2D eigenvalue weighted by Gasteiger charge is 2.41. The van der Waals surface area contributed by atoms with Crippen molar-refractivity contribution in [1.82, 2.24) is 4.90 Å². The van der Waals surface area contributed by atoms with Gasteiger partial charge in [-0.05, 0) is 54.8 Å². The maximum Gasteiger partial charge on any atom is 0.282 e. The lowest BCUT2D eigenvalue weighted by Crippen LogP contribution is -2.34. The highest BCUT2D eigenvalue weighted by Crippen LogP contribution is 2.35. The quantitative estimate of drug-likeness (QED) is 0.509. The van der Waals surface area contributed by atoms with Gasteiger partial charge in [-0.1, -0.05) is 54.6 Å². The van der Waals surface area contributed by atoms with Crippen LogP contribution in [0.4, 0.5) is 5.69 Å². The van der Waals surface area contributed by atoms with Crippen LogP contribution in [0, 0.1) is 6.92 Å². The van der Waals surface area contributed by atoms with Crippen molar-refractivity contribution >= 4 is 23.1 Å². The molecule has 2 amide bonds. The molecule has 3 aromatic carbocycles. The monoisotopic (exact) mass is 426 g/mol. The van der Waals surface area contributed by atoms with Crippen LogP contribution in [0.3, 0.4) is 0 Å². The van der Waals surface area contributed by atoms with Gasteiger partial charge >= 0.3 is 0 Å². The Balaban J connectivity index is 1.78. The molecular weight excluding hydrogens is 400 g/mol. The number of benzene rings is 3. The number of amides is 2. The van der Waals surface area contributed by atoms with Crippen LogP contribution >= 0.6 is 0 Å². The SMILES string of the molecule is CCOc1ccc(C2=C(N(C)Cc3ccccc3)C(=O)N(c3cccc(C)c3)C2=O)cc1. The number of rotatable bonds is 7. The molecule has 0 aromatic heterocycles. The lowest BCUT2D eigenvalue weighted by molar-refractivity contribution is -0.120. The molecule has 0 aliphatic carbocycles. The van der Waals surface area contributed by atoms with Gasteiger partial charge in [-0.25, -0.2) is 4.90 Å². The van der Waals surface area contributed by atoms with Gasteiger partial charge in [0.15, 0.2) is 0 Å². The normalized spacial score (nSPS) is 13.7. The van der Waals surface area contributed by atoms with Gasteiger partial charge < -0.3 is 9.64 Å². The minimum atomic E-state index is -0.320. The van der Waals surface area contributed by atoms with Crippen LogP contribution in [0.5, 0.6) is 5.75 Å². The molecule has 0 saturated carbocycles. The molecule has 5 nitrogen and oxygen atoms in total. The number of imide groups is 1. The van der Waals surface area contributed by atoms with Crippen LogP contribution in [0.15, 0.2) is 84.6 Å². The molecule has 0 spiro atoms. The molecule has 1 aliphatic heterocycles. The summed E-state index contributed by atoms with van der Waals surface area (Å²) < 4.78 is 5.54. The molecule has 1 aliphatic rings. The number of ether oxygens (including phenoxy) is 1. The summed E-state index contributed by atoms with van der Waals surface area (Å²) in [6.07, 6.45) is 0. The van der Waals surface area contributed by atoms with E-state index in [1.54, 1.807) is 6.07 Å². The Labute approximate surface area is 188 Å². The van der Waals surface area contributed by atoms with Crippen molar-refractivity contribution in [3.8, 4) is 5.75 Å². The number of carbonyl (C=O) groups is 2. The molecule has 4 rings (SSSR count). The van der Waals surface area contributed by atoms with E-state index >= 15 is 0 Å². The second kappa shape index (κ2) is 9.10. The summed E-state index contributed by atoms with van der Waals surface area (Å²) in [6, 6.07) is 24.7. The third kappa shape index (κ3) is 4.14. The summed E-state index contributed by atoms with van der Waals surface area (Å²) in [4.78, 5) is 30.3. The molecule has 5 heteroatoms. The predicted octanol–water partition coefficient (Wildman–Crippen LogP) is 4.81. The topological polar surface area (TPSA) is 49.9 Å². The van der Waals surface area contributed by atoms with E-state index in [2.05, 4.69) is 0 Å². The van der Waals surface area contributed by atoms with Crippen LogP contribution in [0.2, 0.25) is 0 Å². The summed E-state index contributed by atoms with van der Waals surface area (Å²) in [5, 5.41) is 0. The second-order valence-electron chi connectivity index (χ2n) is 7.81. The lowest BCUT2D eigenvalue weighted by atomic mass is 10.0. The minimum absolute atomic E-state index is 0.317. The molecule has 0 N–H and O–H groups in total. The van der Waals surface area contributed by atoms with Crippen molar-refractivity contribution in [1.29, 1.82) is 0 Å². The maximum absolute atomic E-state index is 13.6. The Kier molecular flexibility index (Phi) is 6.08. The number of carbonyl (C=O) groups excluding carboxylic acids is 2. The van der Waals surface area contributed by atoms with E-state index in [1.165, 1.54) is 4.90 Å². The van der Waals surface area contributed by atoms with E-state index in [0.29, 0.717) is 35.7 Å². The average Bonchev–Trinajstić information content (AvgIpc) is 3.05. The summed E-state index contributed by atoms with van der Waals surface area (Å²) in [6.45, 7) is 4.94. The first kappa shape index (κ1) is 21.4. The molecule has 162 valence electrons. The van der Waals surface area contributed by atoms with E-state index in [4.69, 9.17) is 4.74 Å². The van der Waals surface area contributed by atoms with Gasteiger partial charge in [-0.15, -0.1) is 0 Å².